The number of anilines is 1. The summed E-state index contributed by atoms with van der Waals surface area (Å²) in [5, 5.41) is 11.0. The van der Waals surface area contributed by atoms with Crippen LogP contribution in [0.5, 0.6) is 5.75 Å². The summed E-state index contributed by atoms with van der Waals surface area (Å²) in [6.45, 7) is 8.66. The maximum absolute atomic E-state index is 13.6. The maximum Gasteiger partial charge on any atom is 0.229 e. The van der Waals surface area contributed by atoms with Gasteiger partial charge < -0.3 is 4.74 Å². The van der Waals surface area contributed by atoms with Gasteiger partial charge in [-0.3, -0.25) is 9.69 Å². The molecule has 1 aromatic heterocycles. The van der Waals surface area contributed by atoms with E-state index in [2.05, 4.69) is 68.2 Å². The fourth-order valence-corrected chi connectivity index (χ4v) is 4.50. The van der Waals surface area contributed by atoms with Crippen LogP contribution in [0.1, 0.15) is 43.9 Å². The minimum absolute atomic E-state index is 0.0310. The lowest BCUT2D eigenvalue weighted by molar-refractivity contribution is -0.120. The summed E-state index contributed by atoms with van der Waals surface area (Å²) in [5.41, 5.74) is 5.13. The van der Waals surface area contributed by atoms with Crippen molar-refractivity contribution in [2.24, 2.45) is 5.41 Å². The Morgan fingerprint density at radius 3 is 2.32 bits per heavy atom. The van der Waals surface area contributed by atoms with E-state index in [0.29, 0.717) is 25.2 Å². The van der Waals surface area contributed by atoms with Gasteiger partial charge in [-0.1, -0.05) is 63.2 Å². The molecule has 1 heterocycles. The fourth-order valence-electron chi connectivity index (χ4n) is 4.50. The average molecular weight is 492 g/mol. The van der Waals surface area contributed by atoms with Gasteiger partial charge in [-0.2, -0.15) is 5.26 Å². The molecule has 0 atom stereocenters. The number of benzene rings is 3. The molecular weight excluding hydrogens is 458 g/mol. The Bertz CT molecular complexity index is 1460. The quantitative estimate of drug-likeness (QED) is 0.273. The molecule has 0 bridgehead atoms. The Hall–Kier alpha value is -4.17. The van der Waals surface area contributed by atoms with Crippen molar-refractivity contribution in [1.29, 1.82) is 5.26 Å². The van der Waals surface area contributed by atoms with Gasteiger partial charge in [0.05, 0.1) is 26.1 Å². The Kier molecular flexibility index (Phi) is 7.59. The van der Waals surface area contributed by atoms with Gasteiger partial charge in [0.1, 0.15) is 11.6 Å². The van der Waals surface area contributed by atoms with E-state index in [1.165, 1.54) is 0 Å². The van der Waals surface area contributed by atoms with Crippen LogP contribution < -0.4 is 9.64 Å². The highest BCUT2D eigenvalue weighted by Gasteiger charge is 2.25. The van der Waals surface area contributed by atoms with Crippen LogP contribution in [0.2, 0.25) is 0 Å². The summed E-state index contributed by atoms with van der Waals surface area (Å²) < 4.78 is 5.39. The van der Waals surface area contributed by atoms with Crippen molar-refractivity contribution < 1.29 is 9.53 Å². The van der Waals surface area contributed by atoms with E-state index in [1.807, 2.05) is 37.3 Å². The second-order valence-electron chi connectivity index (χ2n) is 10.6. The highest BCUT2D eigenvalue weighted by Crippen LogP contribution is 2.31. The zero-order valence-corrected chi connectivity index (χ0v) is 22.2. The summed E-state index contributed by atoms with van der Waals surface area (Å²) in [6, 6.07) is 24.5. The first-order chi connectivity index (χ1) is 17.7. The van der Waals surface area contributed by atoms with Crippen LogP contribution in [0.3, 0.4) is 0 Å². The number of ether oxygens (including phenoxy) is 1. The number of nitrogens with zero attached hydrogens (tertiary/aromatic N) is 3. The molecule has 0 saturated heterocycles. The average Bonchev–Trinajstić information content (AvgIpc) is 2.86. The van der Waals surface area contributed by atoms with E-state index in [1.54, 1.807) is 18.2 Å². The number of amides is 1. The molecule has 0 aliphatic carbocycles. The van der Waals surface area contributed by atoms with Crippen LogP contribution in [-0.2, 0) is 17.8 Å². The number of fused-ring (bicyclic) bond motifs is 1. The standard InChI is InChI=1S/C32H33N3O2/c1-22-18-26(11-13-29(22)37-5)25-9-6-24(7-10-25)21-35(30(36)20-32(2,3)4)31-28-12-8-23(14-16-33)19-27(28)15-17-34-31/h6-13,15,17-19H,14,20-21H2,1-5H3. The lowest BCUT2D eigenvalue weighted by atomic mass is 9.91. The van der Waals surface area contributed by atoms with Crippen LogP contribution in [0, 0.1) is 23.7 Å². The van der Waals surface area contributed by atoms with E-state index in [0.717, 1.165) is 44.3 Å². The molecule has 0 fully saturated rings. The number of rotatable bonds is 7. The summed E-state index contributed by atoms with van der Waals surface area (Å²) >= 11 is 0. The summed E-state index contributed by atoms with van der Waals surface area (Å²) in [5.74, 6) is 1.55. The minimum Gasteiger partial charge on any atom is -0.496 e. The number of carbonyl (C=O) groups excluding carboxylic acids is 1. The van der Waals surface area contributed by atoms with Crippen molar-refractivity contribution in [3.05, 3.63) is 89.6 Å². The monoisotopic (exact) mass is 491 g/mol. The van der Waals surface area contributed by atoms with Crippen LogP contribution in [0.25, 0.3) is 21.9 Å². The summed E-state index contributed by atoms with van der Waals surface area (Å²) in [7, 11) is 1.68. The van der Waals surface area contributed by atoms with Gasteiger partial charge in [-0.05, 0) is 69.8 Å². The molecule has 0 aliphatic rings. The smallest absolute Gasteiger partial charge is 0.229 e. The van der Waals surface area contributed by atoms with Gasteiger partial charge >= 0.3 is 0 Å². The molecule has 0 aliphatic heterocycles. The van der Waals surface area contributed by atoms with Crippen molar-refractivity contribution in [3.63, 3.8) is 0 Å². The van der Waals surface area contributed by atoms with Gasteiger partial charge in [0.15, 0.2) is 0 Å². The number of hydrogen-bond acceptors (Lipinski definition) is 4. The van der Waals surface area contributed by atoms with Crippen molar-refractivity contribution in [1.82, 2.24) is 4.98 Å². The molecular formula is C32H33N3O2. The van der Waals surface area contributed by atoms with Crippen LogP contribution in [0.4, 0.5) is 5.82 Å². The van der Waals surface area contributed by atoms with E-state index in [4.69, 9.17) is 10.00 Å². The maximum atomic E-state index is 13.6. The predicted octanol–water partition coefficient (Wildman–Crippen LogP) is 7.25. The largest absolute Gasteiger partial charge is 0.496 e. The molecule has 1 amide bonds. The SMILES string of the molecule is COc1ccc(-c2ccc(CN(C(=O)CC(C)(C)C)c3nccc4cc(CC#N)ccc34)cc2)cc1C. The number of aromatic nitrogens is 1. The Morgan fingerprint density at radius 2 is 1.68 bits per heavy atom. The van der Waals surface area contributed by atoms with E-state index in [-0.39, 0.29) is 11.3 Å². The number of carbonyl (C=O) groups is 1. The zero-order chi connectivity index (χ0) is 26.6. The third kappa shape index (κ3) is 6.16. The first kappa shape index (κ1) is 25.9. The zero-order valence-electron chi connectivity index (χ0n) is 22.2. The molecule has 188 valence electrons. The van der Waals surface area contributed by atoms with E-state index in [9.17, 15) is 4.79 Å². The van der Waals surface area contributed by atoms with Gasteiger partial charge in [-0.25, -0.2) is 4.98 Å². The first-order valence-electron chi connectivity index (χ1n) is 12.5. The Balaban J connectivity index is 1.68. The number of pyridine rings is 1. The molecule has 4 rings (SSSR count). The number of nitriles is 1. The molecule has 5 nitrogen and oxygen atoms in total. The topological polar surface area (TPSA) is 66.2 Å². The molecule has 0 spiro atoms. The first-order valence-corrected chi connectivity index (χ1v) is 12.5. The van der Waals surface area contributed by atoms with E-state index < -0.39 is 0 Å². The third-order valence-electron chi connectivity index (χ3n) is 6.35. The predicted molar refractivity (Wildman–Crippen MR) is 149 cm³/mol. The fraction of sp³-hybridized carbons (Fsp3) is 0.281. The molecule has 37 heavy (non-hydrogen) atoms. The van der Waals surface area contributed by atoms with Crippen LogP contribution in [0.15, 0.2) is 72.9 Å². The molecule has 5 heteroatoms. The van der Waals surface area contributed by atoms with Crippen molar-refractivity contribution in [2.45, 2.75) is 47.1 Å². The van der Waals surface area contributed by atoms with Crippen LogP contribution in [-0.4, -0.2) is 18.0 Å². The third-order valence-corrected chi connectivity index (χ3v) is 6.35. The second-order valence-corrected chi connectivity index (χ2v) is 10.6. The van der Waals surface area contributed by atoms with Gasteiger partial charge in [0.25, 0.3) is 0 Å². The minimum atomic E-state index is -0.157. The highest BCUT2D eigenvalue weighted by molar-refractivity contribution is 6.02. The lowest BCUT2D eigenvalue weighted by Crippen LogP contribution is -2.34. The second kappa shape index (κ2) is 10.8. The Morgan fingerprint density at radius 1 is 0.973 bits per heavy atom. The normalized spacial score (nSPS) is 11.2. The highest BCUT2D eigenvalue weighted by atomic mass is 16.5. The molecule has 4 aromatic rings. The van der Waals surface area contributed by atoms with Gasteiger partial charge in [0, 0.05) is 18.0 Å². The number of hydrogen-bond donors (Lipinski definition) is 0. The van der Waals surface area contributed by atoms with Crippen molar-refractivity contribution in [2.75, 3.05) is 12.0 Å². The Labute approximate surface area is 219 Å². The number of methoxy groups -OCH3 is 1. The summed E-state index contributed by atoms with van der Waals surface area (Å²) in [6.07, 6.45) is 2.49. The van der Waals surface area contributed by atoms with Gasteiger partial charge in [0.2, 0.25) is 5.91 Å². The molecule has 0 radical (unpaired) electrons. The lowest BCUT2D eigenvalue weighted by Gasteiger charge is -2.27. The van der Waals surface area contributed by atoms with Crippen LogP contribution >= 0.6 is 0 Å². The van der Waals surface area contributed by atoms with Crippen molar-refractivity contribution >= 4 is 22.5 Å². The number of aryl methyl sites for hydroxylation is 1. The van der Waals surface area contributed by atoms with Crippen molar-refractivity contribution in [3.8, 4) is 22.9 Å². The molecule has 3 aromatic carbocycles. The van der Waals surface area contributed by atoms with E-state index >= 15 is 0 Å². The molecule has 0 N–H and O–H groups in total. The van der Waals surface area contributed by atoms with Gasteiger partial charge in [-0.15, -0.1) is 0 Å². The molecule has 0 saturated carbocycles. The molecule has 0 unspecified atom stereocenters. The summed E-state index contributed by atoms with van der Waals surface area (Å²) in [4.78, 5) is 20.0.